The van der Waals surface area contributed by atoms with E-state index in [-0.39, 0.29) is 11.3 Å². The summed E-state index contributed by atoms with van der Waals surface area (Å²) >= 11 is 0. The van der Waals surface area contributed by atoms with Crippen LogP contribution in [0.5, 0.6) is 11.5 Å². The molecule has 1 N–H and O–H groups in total. The number of ether oxygens (including phenoxy) is 1. The molecule has 0 saturated heterocycles. The molecular weight excluding hydrogens is 268 g/mol. The Kier molecular flexibility index (Phi) is 3.23. The zero-order valence-corrected chi connectivity index (χ0v) is 11.3. The van der Waals surface area contributed by atoms with Crippen LogP contribution in [0.25, 0.3) is 10.9 Å². The van der Waals surface area contributed by atoms with Crippen LogP contribution < -0.4 is 4.74 Å². The first kappa shape index (κ1) is 13.1. The van der Waals surface area contributed by atoms with Gasteiger partial charge in [0.15, 0.2) is 11.5 Å². The predicted molar refractivity (Wildman–Crippen MR) is 77.8 cm³/mol. The van der Waals surface area contributed by atoms with Gasteiger partial charge in [-0.15, -0.1) is 0 Å². The van der Waals surface area contributed by atoms with E-state index in [9.17, 15) is 9.90 Å². The lowest BCUT2D eigenvalue weighted by molar-refractivity contribution is 0.0694. The fourth-order valence-corrected chi connectivity index (χ4v) is 2.06. The van der Waals surface area contributed by atoms with Gasteiger partial charge < -0.3 is 9.84 Å². The summed E-state index contributed by atoms with van der Waals surface area (Å²) in [5.74, 6) is -0.357. The maximum atomic E-state index is 11.2. The van der Waals surface area contributed by atoms with Crippen LogP contribution in [0.4, 0.5) is 0 Å². The zero-order valence-electron chi connectivity index (χ0n) is 11.3. The highest BCUT2D eigenvalue weighted by molar-refractivity contribution is 5.91. The molecule has 0 atom stereocenters. The van der Waals surface area contributed by atoms with E-state index < -0.39 is 5.97 Å². The minimum Gasteiger partial charge on any atom is -0.478 e. The van der Waals surface area contributed by atoms with Crippen LogP contribution in [0.1, 0.15) is 16.1 Å². The molecule has 104 valence electrons. The second-order valence-corrected chi connectivity index (χ2v) is 4.56. The highest BCUT2D eigenvalue weighted by Gasteiger charge is 2.13. The Hall–Kier alpha value is -2.95. The van der Waals surface area contributed by atoms with Crippen molar-refractivity contribution in [1.82, 2.24) is 9.97 Å². The number of rotatable bonds is 3. The van der Waals surface area contributed by atoms with E-state index in [0.717, 1.165) is 11.1 Å². The average molecular weight is 280 g/mol. The monoisotopic (exact) mass is 280 g/mol. The third kappa shape index (κ3) is 2.53. The SMILES string of the molecule is Cc1ccc2cccc(Oc3cnccc3C(=O)O)c2n1. The number of benzene rings is 1. The van der Waals surface area contributed by atoms with E-state index in [4.69, 9.17) is 4.74 Å². The lowest BCUT2D eigenvalue weighted by atomic mass is 10.2. The number of aryl methyl sites for hydroxylation is 1. The molecule has 0 aliphatic heterocycles. The lowest BCUT2D eigenvalue weighted by Crippen LogP contribution is -2.00. The lowest BCUT2D eigenvalue weighted by Gasteiger charge is -2.10. The molecule has 0 spiro atoms. The first-order valence-electron chi connectivity index (χ1n) is 6.36. The number of hydrogen-bond donors (Lipinski definition) is 1. The Bertz CT molecular complexity index is 831. The van der Waals surface area contributed by atoms with Gasteiger partial charge in [0.2, 0.25) is 0 Å². The highest BCUT2D eigenvalue weighted by Crippen LogP contribution is 2.30. The van der Waals surface area contributed by atoms with Crippen LogP contribution >= 0.6 is 0 Å². The number of hydrogen-bond acceptors (Lipinski definition) is 4. The van der Waals surface area contributed by atoms with Crippen molar-refractivity contribution in [3.63, 3.8) is 0 Å². The van der Waals surface area contributed by atoms with Gasteiger partial charge in [0.25, 0.3) is 0 Å². The molecule has 2 heterocycles. The van der Waals surface area contributed by atoms with Gasteiger partial charge in [-0.25, -0.2) is 9.78 Å². The van der Waals surface area contributed by atoms with E-state index in [0.29, 0.717) is 11.3 Å². The van der Waals surface area contributed by atoms with Crippen LogP contribution in [-0.2, 0) is 0 Å². The molecule has 0 saturated carbocycles. The van der Waals surface area contributed by atoms with Crippen molar-refractivity contribution < 1.29 is 14.6 Å². The van der Waals surface area contributed by atoms with Crippen molar-refractivity contribution in [1.29, 1.82) is 0 Å². The summed E-state index contributed by atoms with van der Waals surface area (Å²) in [4.78, 5) is 19.6. The van der Waals surface area contributed by atoms with Crippen molar-refractivity contribution in [3.05, 3.63) is 60.0 Å². The number of para-hydroxylation sites is 1. The Morgan fingerprint density at radius 1 is 1.14 bits per heavy atom. The number of aromatic nitrogens is 2. The Morgan fingerprint density at radius 3 is 2.81 bits per heavy atom. The number of carbonyl (C=O) groups is 1. The summed E-state index contributed by atoms with van der Waals surface area (Å²) in [6.45, 7) is 1.89. The van der Waals surface area contributed by atoms with Gasteiger partial charge in [0.1, 0.15) is 11.1 Å². The number of aromatic carboxylic acids is 1. The minimum atomic E-state index is -1.06. The largest absolute Gasteiger partial charge is 0.478 e. The molecule has 0 aliphatic rings. The third-order valence-corrected chi connectivity index (χ3v) is 3.06. The maximum Gasteiger partial charge on any atom is 0.339 e. The quantitative estimate of drug-likeness (QED) is 0.795. The summed E-state index contributed by atoms with van der Waals surface area (Å²) in [7, 11) is 0. The highest BCUT2D eigenvalue weighted by atomic mass is 16.5. The summed E-state index contributed by atoms with van der Waals surface area (Å²) in [5.41, 5.74) is 1.62. The smallest absolute Gasteiger partial charge is 0.339 e. The molecule has 5 heteroatoms. The van der Waals surface area contributed by atoms with E-state index in [1.807, 2.05) is 31.2 Å². The van der Waals surface area contributed by atoms with E-state index in [2.05, 4.69) is 9.97 Å². The summed E-state index contributed by atoms with van der Waals surface area (Å²) in [6, 6.07) is 10.8. The van der Waals surface area contributed by atoms with Crippen molar-refractivity contribution in [2.24, 2.45) is 0 Å². The predicted octanol–water partition coefficient (Wildman–Crippen LogP) is 3.43. The summed E-state index contributed by atoms with van der Waals surface area (Å²) < 4.78 is 5.73. The number of carboxylic acids is 1. The Morgan fingerprint density at radius 2 is 2.00 bits per heavy atom. The van der Waals surface area contributed by atoms with Gasteiger partial charge in [0.05, 0.1) is 6.20 Å². The molecule has 1 aromatic carbocycles. The van der Waals surface area contributed by atoms with Gasteiger partial charge in [-0.1, -0.05) is 18.2 Å². The molecule has 0 fully saturated rings. The topological polar surface area (TPSA) is 72.3 Å². The van der Waals surface area contributed by atoms with E-state index >= 15 is 0 Å². The Balaban J connectivity index is 2.11. The molecule has 5 nitrogen and oxygen atoms in total. The van der Waals surface area contributed by atoms with Gasteiger partial charge in [-0.05, 0) is 25.1 Å². The molecule has 21 heavy (non-hydrogen) atoms. The van der Waals surface area contributed by atoms with Crippen LogP contribution in [0.15, 0.2) is 48.8 Å². The molecule has 0 aliphatic carbocycles. The normalized spacial score (nSPS) is 10.5. The van der Waals surface area contributed by atoms with Gasteiger partial charge >= 0.3 is 5.97 Å². The average Bonchev–Trinajstić information content (AvgIpc) is 2.48. The fraction of sp³-hybridized carbons (Fsp3) is 0.0625. The van der Waals surface area contributed by atoms with Crippen LogP contribution in [0, 0.1) is 6.92 Å². The van der Waals surface area contributed by atoms with Crippen molar-refractivity contribution >= 4 is 16.9 Å². The molecule has 0 amide bonds. The zero-order chi connectivity index (χ0) is 14.8. The van der Waals surface area contributed by atoms with Gasteiger partial charge in [-0.3, -0.25) is 4.98 Å². The van der Waals surface area contributed by atoms with Gasteiger partial charge in [0, 0.05) is 17.3 Å². The standard InChI is InChI=1S/C16H12N2O3/c1-10-5-6-11-3-2-4-13(15(11)18-10)21-14-9-17-8-7-12(14)16(19)20/h2-9H,1H3,(H,19,20). The molecule has 3 aromatic rings. The third-order valence-electron chi connectivity index (χ3n) is 3.06. The van der Waals surface area contributed by atoms with Crippen LogP contribution in [-0.4, -0.2) is 21.0 Å². The van der Waals surface area contributed by atoms with Crippen LogP contribution in [0.2, 0.25) is 0 Å². The number of nitrogens with zero attached hydrogens (tertiary/aromatic N) is 2. The fourth-order valence-electron chi connectivity index (χ4n) is 2.06. The molecule has 0 bridgehead atoms. The first-order valence-corrected chi connectivity index (χ1v) is 6.36. The number of fused-ring (bicyclic) bond motifs is 1. The number of carboxylic acid groups (broad SMARTS) is 1. The maximum absolute atomic E-state index is 11.2. The van der Waals surface area contributed by atoms with Crippen molar-refractivity contribution in [2.75, 3.05) is 0 Å². The first-order chi connectivity index (χ1) is 10.1. The minimum absolute atomic E-state index is 0.0645. The Labute approximate surface area is 120 Å². The molecule has 0 unspecified atom stereocenters. The van der Waals surface area contributed by atoms with Gasteiger partial charge in [-0.2, -0.15) is 0 Å². The molecule has 0 radical (unpaired) electrons. The van der Waals surface area contributed by atoms with E-state index in [1.54, 1.807) is 6.07 Å². The van der Waals surface area contributed by atoms with Crippen molar-refractivity contribution in [2.45, 2.75) is 6.92 Å². The van der Waals surface area contributed by atoms with Crippen molar-refractivity contribution in [3.8, 4) is 11.5 Å². The summed E-state index contributed by atoms with van der Waals surface area (Å²) in [6.07, 6.45) is 2.81. The molecule has 3 rings (SSSR count). The second-order valence-electron chi connectivity index (χ2n) is 4.56. The van der Waals surface area contributed by atoms with Crippen LogP contribution in [0.3, 0.4) is 0 Å². The van der Waals surface area contributed by atoms with E-state index in [1.165, 1.54) is 18.5 Å². The molecule has 2 aromatic heterocycles. The molecular formula is C16H12N2O3. The number of pyridine rings is 2. The second kappa shape index (κ2) is 5.20. The summed E-state index contributed by atoms with van der Waals surface area (Å²) in [5, 5.41) is 10.1.